The summed E-state index contributed by atoms with van der Waals surface area (Å²) in [6, 6.07) is 10.8. The van der Waals surface area contributed by atoms with Gasteiger partial charge in [0.15, 0.2) is 0 Å². The van der Waals surface area contributed by atoms with Crippen molar-refractivity contribution in [2.75, 3.05) is 0 Å². The van der Waals surface area contributed by atoms with Crippen molar-refractivity contribution in [2.45, 2.75) is 6.92 Å². The van der Waals surface area contributed by atoms with Crippen LogP contribution in [0, 0.1) is 13.0 Å². The molecule has 0 aliphatic heterocycles. The van der Waals surface area contributed by atoms with E-state index in [1.54, 1.807) is 0 Å². The molecule has 11 heavy (non-hydrogen) atoms. The van der Waals surface area contributed by atoms with Gasteiger partial charge in [0, 0.05) is 0 Å². The van der Waals surface area contributed by atoms with Gasteiger partial charge in [0.2, 0.25) is 0 Å². The number of hydrogen-bond acceptors (Lipinski definition) is 0. The number of benzene rings is 1. The summed E-state index contributed by atoms with van der Waals surface area (Å²) >= 11 is 6.44. The summed E-state index contributed by atoms with van der Waals surface area (Å²) in [6.07, 6.45) is 0. The predicted octanol–water partition coefficient (Wildman–Crippen LogP) is 2.46. The second-order valence-electron chi connectivity index (χ2n) is 1.68. The zero-order chi connectivity index (χ0) is 7.82. The van der Waals surface area contributed by atoms with Gasteiger partial charge in [0.05, 0.1) is 0 Å². The molecule has 53 valence electrons. The molecule has 0 amide bonds. The van der Waals surface area contributed by atoms with Crippen molar-refractivity contribution in [3.05, 3.63) is 35.9 Å². The van der Waals surface area contributed by atoms with Crippen LogP contribution in [0.25, 0.3) is 0 Å². The standard InChI is InChI=1S/C7H7.2BrH.Li.Mg.H/c1-7-5-3-2-4-6-7;;;;;/h3-6H,1H3;2*1H;;;/q;;;;+2;/p-2. The van der Waals surface area contributed by atoms with Crippen LogP contribution < -0.4 is 0 Å². The average Bonchev–Trinajstić information content (AvgIpc) is 1.91. The molecule has 0 aliphatic carbocycles. The molecule has 4 heteroatoms. The van der Waals surface area contributed by atoms with Gasteiger partial charge in [-0.1, -0.05) is 29.8 Å². The van der Waals surface area contributed by atoms with E-state index in [1.807, 2.05) is 24.3 Å². The molecule has 0 heterocycles. The van der Waals surface area contributed by atoms with Crippen LogP contribution in [0.3, 0.4) is 0 Å². The zero-order valence-electron chi connectivity index (χ0n) is 5.77. The summed E-state index contributed by atoms with van der Waals surface area (Å²) in [7, 11) is 0. The molecule has 0 nitrogen and oxygen atoms in total. The average molecular weight is 283 g/mol. The Hall–Kier alpha value is 1.54. The van der Waals surface area contributed by atoms with E-state index in [0.29, 0.717) is 0 Å². The minimum absolute atomic E-state index is 0. The molecule has 0 unspecified atom stereocenters. The van der Waals surface area contributed by atoms with Crippen LogP contribution in [0.15, 0.2) is 24.3 Å². The normalized spacial score (nSPS) is 6.45. The molecular weight excluding hydrogens is 275 g/mol. The van der Waals surface area contributed by atoms with Crippen molar-refractivity contribution < 1.29 is 0 Å². The Bertz CT molecular complexity index is 158. The van der Waals surface area contributed by atoms with Crippen LogP contribution in [0.5, 0.6) is 0 Å². The molecule has 0 aliphatic rings. The molecule has 0 aromatic heterocycles. The first kappa shape index (κ1) is 15.0. The third-order valence-electron chi connectivity index (χ3n) is 0.885. The molecular formula is C7H8Br2LiMg. The molecule has 1 radical (unpaired) electrons. The molecule has 0 fully saturated rings. The quantitative estimate of drug-likeness (QED) is 0.642. The topological polar surface area (TPSA) is 0 Å². The summed E-state index contributed by atoms with van der Waals surface area (Å²) in [5, 5.41) is 0. The Morgan fingerprint density at radius 1 is 1.27 bits per heavy atom. The van der Waals surface area contributed by atoms with Crippen molar-refractivity contribution in [2.24, 2.45) is 0 Å². The molecule has 0 spiro atoms. The Morgan fingerprint density at radius 3 is 1.82 bits per heavy atom. The Balaban J connectivity index is 0. The predicted molar refractivity (Wildman–Crippen MR) is 60.8 cm³/mol. The van der Waals surface area contributed by atoms with E-state index in [9.17, 15) is 0 Å². The number of halogens is 2. The van der Waals surface area contributed by atoms with Gasteiger partial charge in [-0.25, -0.2) is 0 Å². The molecule has 1 rings (SSSR count). The van der Waals surface area contributed by atoms with E-state index in [2.05, 4.69) is 38.8 Å². The summed E-state index contributed by atoms with van der Waals surface area (Å²) in [4.78, 5) is 0. The first-order valence-electron chi connectivity index (χ1n) is 2.86. The first-order chi connectivity index (χ1) is 4.81. The molecule has 0 saturated carbocycles. The van der Waals surface area contributed by atoms with Crippen LogP contribution >= 0.6 is 25.8 Å². The summed E-state index contributed by atoms with van der Waals surface area (Å²) in [5.41, 5.74) is 1.29. The monoisotopic (exact) mass is 281 g/mol. The van der Waals surface area contributed by atoms with Gasteiger partial charge in [0.1, 0.15) is 0 Å². The summed E-state index contributed by atoms with van der Waals surface area (Å²) in [5.74, 6) is 0. The third kappa shape index (κ3) is 11.5. The van der Waals surface area contributed by atoms with Crippen molar-refractivity contribution in [3.8, 4) is 0 Å². The summed E-state index contributed by atoms with van der Waals surface area (Å²) < 4.78 is 0. The molecule has 0 N–H and O–H groups in total. The van der Waals surface area contributed by atoms with Gasteiger partial charge in [-0.3, -0.25) is 25.8 Å². The maximum absolute atomic E-state index is 3.20. The van der Waals surface area contributed by atoms with Gasteiger partial charge in [-0.15, -0.1) is 0 Å². The third-order valence-corrected chi connectivity index (χ3v) is 0.885. The van der Waals surface area contributed by atoms with Crippen LogP contribution in [0.2, 0.25) is 0 Å². The van der Waals surface area contributed by atoms with E-state index < -0.39 is 0 Å². The van der Waals surface area contributed by atoms with Gasteiger partial charge < -0.3 is 0 Å². The van der Waals surface area contributed by atoms with Gasteiger partial charge in [-0.05, 0) is 13.0 Å². The second-order valence-corrected chi connectivity index (χ2v) is 9.76. The SMILES string of the molecule is Cc1cc[c]cc1.[Br][Mg][Br].[LiH]. The minimum atomic E-state index is 0. The van der Waals surface area contributed by atoms with Crippen LogP contribution in [0.1, 0.15) is 5.56 Å². The zero-order valence-corrected chi connectivity index (χ0v) is 10.4. The Labute approximate surface area is 102 Å². The van der Waals surface area contributed by atoms with Crippen molar-refractivity contribution in [1.29, 1.82) is 0 Å². The molecule has 0 bridgehead atoms. The van der Waals surface area contributed by atoms with Crippen molar-refractivity contribution in [1.82, 2.24) is 0 Å². The summed E-state index contributed by atoms with van der Waals surface area (Å²) in [6.45, 7) is 2.06. The molecule has 1 aromatic rings. The van der Waals surface area contributed by atoms with Crippen LogP contribution in [0.4, 0.5) is 0 Å². The maximum atomic E-state index is 3.20. The van der Waals surface area contributed by atoms with E-state index in [1.165, 1.54) is 5.56 Å². The fraction of sp³-hybridized carbons (Fsp3) is 0.143. The van der Waals surface area contributed by atoms with Crippen molar-refractivity contribution >= 4 is 60.6 Å². The van der Waals surface area contributed by atoms with E-state index in [4.69, 9.17) is 0 Å². The van der Waals surface area contributed by atoms with E-state index >= 15 is 0 Å². The van der Waals surface area contributed by atoms with E-state index in [-0.39, 0.29) is 34.9 Å². The van der Waals surface area contributed by atoms with Crippen molar-refractivity contribution in [3.63, 3.8) is 0 Å². The van der Waals surface area contributed by atoms with Gasteiger partial charge >= 0.3 is 34.9 Å². The fourth-order valence-electron chi connectivity index (χ4n) is 0.470. The molecule has 0 atom stereocenters. The van der Waals surface area contributed by atoms with E-state index in [0.717, 1.165) is 0 Å². The van der Waals surface area contributed by atoms with Gasteiger partial charge in [0.25, 0.3) is 0 Å². The van der Waals surface area contributed by atoms with Gasteiger partial charge in [-0.2, -0.15) is 0 Å². The number of hydrogen-bond donors (Lipinski definition) is 0. The number of aryl methyl sites for hydroxylation is 1. The molecule has 1 aromatic carbocycles. The second kappa shape index (κ2) is 11.5. The first-order valence-corrected chi connectivity index (χ1v) is 10.7. The van der Waals surface area contributed by atoms with Crippen LogP contribution in [-0.2, 0) is 0 Å². The fourth-order valence-corrected chi connectivity index (χ4v) is 0.470. The Kier molecular flexibility index (Phi) is 15.8. The van der Waals surface area contributed by atoms with Crippen LogP contribution in [-0.4, -0.2) is 34.9 Å². The molecule has 0 saturated heterocycles. The number of rotatable bonds is 0. The Morgan fingerprint density at radius 2 is 1.64 bits per heavy atom.